The molecule has 4 heterocycles. The van der Waals surface area contributed by atoms with Crippen molar-refractivity contribution in [3.63, 3.8) is 0 Å². The smallest absolute Gasteiger partial charge is 0.152 e. The van der Waals surface area contributed by atoms with E-state index in [9.17, 15) is 0 Å². The van der Waals surface area contributed by atoms with Gasteiger partial charge in [0.2, 0.25) is 0 Å². The molecule has 7 heteroatoms. The molecule has 26 heavy (non-hydrogen) atoms. The van der Waals surface area contributed by atoms with Gasteiger partial charge in [0.05, 0.1) is 13.1 Å². The van der Waals surface area contributed by atoms with Crippen molar-refractivity contribution >= 4 is 0 Å². The summed E-state index contributed by atoms with van der Waals surface area (Å²) in [6.07, 6.45) is 6.02. The molecule has 0 amide bonds. The summed E-state index contributed by atoms with van der Waals surface area (Å²) in [5.41, 5.74) is 0. The van der Waals surface area contributed by atoms with Crippen molar-refractivity contribution < 1.29 is 4.42 Å². The molecule has 0 spiro atoms. The first-order valence-corrected chi connectivity index (χ1v) is 9.23. The van der Waals surface area contributed by atoms with E-state index in [1.807, 2.05) is 32.3 Å². The Bertz CT molecular complexity index is 868. The minimum atomic E-state index is 0.472. The molecule has 0 radical (unpaired) electrons. The van der Waals surface area contributed by atoms with Gasteiger partial charge in [0.25, 0.3) is 0 Å². The molecule has 1 aliphatic rings. The number of furan rings is 1. The number of rotatable bonds is 5. The number of aromatic nitrogens is 5. The second-order valence-corrected chi connectivity index (χ2v) is 7.20. The van der Waals surface area contributed by atoms with E-state index in [0.717, 1.165) is 61.5 Å². The monoisotopic (exact) mass is 354 g/mol. The predicted octanol–water partition coefficient (Wildman–Crippen LogP) is 2.65. The number of nitrogens with zero attached hydrogens (tertiary/aromatic N) is 6. The average Bonchev–Trinajstić information content (AvgIpc) is 3.32. The van der Waals surface area contributed by atoms with Gasteiger partial charge in [-0.05, 0) is 51.9 Å². The second-order valence-electron chi connectivity index (χ2n) is 7.20. The minimum absolute atomic E-state index is 0.472. The lowest BCUT2D eigenvalue weighted by Gasteiger charge is -2.30. The number of hydrogen-bond donors (Lipinski definition) is 0. The summed E-state index contributed by atoms with van der Waals surface area (Å²) in [4.78, 5) is 6.73. The van der Waals surface area contributed by atoms with Crippen LogP contribution in [0.15, 0.2) is 28.9 Å². The van der Waals surface area contributed by atoms with Crippen LogP contribution >= 0.6 is 0 Å². The summed E-state index contributed by atoms with van der Waals surface area (Å²) in [7, 11) is 2.08. The summed E-state index contributed by atoms with van der Waals surface area (Å²) in [6.45, 7) is 7.73. The Morgan fingerprint density at radius 3 is 2.58 bits per heavy atom. The lowest BCUT2D eigenvalue weighted by Crippen LogP contribution is -2.33. The second kappa shape index (κ2) is 7.07. The Kier molecular flexibility index (Phi) is 4.63. The highest BCUT2D eigenvalue weighted by atomic mass is 16.3. The maximum absolute atomic E-state index is 5.70. The molecular formula is C19H26N6O. The van der Waals surface area contributed by atoms with E-state index < -0.39 is 0 Å². The third-order valence-corrected chi connectivity index (χ3v) is 5.36. The summed E-state index contributed by atoms with van der Waals surface area (Å²) in [5.74, 6) is 5.59. The molecule has 0 aromatic carbocycles. The SMILES string of the molecule is Cc1ccc(CN2CCC(c3nnc(Cn4ccnc4C)n3C)CC2)o1. The summed E-state index contributed by atoms with van der Waals surface area (Å²) < 4.78 is 9.97. The molecule has 3 aromatic rings. The molecule has 0 saturated carbocycles. The van der Waals surface area contributed by atoms with Crippen LogP contribution < -0.4 is 0 Å². The molecular weight excluding hydrogens is 328 g/mol. The number of likely N-dealkylation sites (tertiary alicyclic amines) is 1. The molecule has 1 aliphatic heterocycles. The Morgan fingerprint density at radius 1 is 1.12 bits per heavy atom. The van der Waals surface area contributed by atoms with Crippen molar-refractivity contribution in [3.05, 3.63) is 53.5 Å². The summed E-state index contributed by atoms with van der Waals surface area (Å²) in [5, 5.41) is 8.94. The maximum atomic E-state index is 5.70. The largest absolute Gasteiger partial charge is 0.465 e. The molecule has 0 bridgehead atoms. The average molecular weight is 354 g/mol. The highest BCUT2D eigenvalue weighted by molar-refractivity contribution is 5.07. The fourth-order valence-electron chi connectivity index (χ4n) is 3.73. The predicted molar refractivity (Wildman–Crippen MR) is 97.8 cm³/mol. The van der Waals surface area contributed by atoms with Crippen molar-refractivity contribution in [1.29, 1.82) is 0 Å². The molecule has 3 aromatic heterocycles. The standard InChI is InChI=1S/C19H26N6O/c1-14-4-5-17(26-14)12-24-9-6-16(7-10-24)19-22-21-18(23(19)3)13-25-11-8-20-15(25)2/h4-5,8,11,16H,6-7,9-10,12-13H2,1-3H3. The van der Waals surface area contributed by atoms with Crippen LogP contribution in [0.3, 0.4) is 0 Å². The normalized spacial score (nSPS) is 16.4. The fraction of sp³-hybridized carbons (Fsp3) is 0.526. The van der Waals surface area contributed by atoms with Crippen LogP contribution in [-0.4, -0.2) is 42.3 Å². The molecule has 0 atom stereocenters. The topological polar surface area (TPSA) is 64.9 Å². The third-order valence-electron chi connectivity index (χ3n) is 5.36. The Balaban J connectivity index is 1.38. The molecule has 0 aliphatic carbocycles. The van der Waals surface area contributed by atoms with Gasteiger partial charge in [-0.3, -0.25) is 4.90 Å². The van der Waals surface area contributed by atoms with E-state index in [1.54, 1.807) is 0 Å². The molecule has 1 fully saturated rings. The fourth-order valence-corrected chi connectivity index (χ4v) is 3.73. The number of aryl methyl sites for hydroxylation is 2. The Labute approximate surface area is 153 Å². The van der Waals surface area contributed by atoms with Crippen molar-refractivity contribution in [3.8, 4) is 0 Å². The highest BCUT2D eigenvalue weighted by Gasteiger charge is 2.25. The van der Waals surface area contributed by atoms with Gasteiger partial charge in [0.15, 0.2) is 5.82 Å². The van der Waals surface area contributed by atoms with Crippen LogP contribution in [-0.2, 0) is 20.1 Å². The van der Waals surface area contributed by atoms with E-state index >= 15 is 0 Å². The van der Waals surface area contributed by atoms with Gasteiger partial charge >= 0.3 is 0 Å². The van der Waals surface area contributed by atoms with Gasteiger partial charge in [0, 0.05) is 25.4 Å². The first-order chi connectivity index (χ1) is 12.6. The maximum Gasteiger partial charge on any atom is 0.152 e. The van der Waals surface area contributed by atoms with Crippen molar-refractivity contribution in [1.82, 2.24) is 29.2 Å². The lowest BCUT2D eigenvalue weighted by atomic mass is 9.96. The Morgan fingerprint density at radius 2 is 1.92 bits per heavy atom. The van der Waals surface area contributed by atoms with Crippen LogP contribution in [0.1, 0.15) is 47.8 Å². The number of hydrogen-bond acceptors (Lipinski definition) is 5. The molecule has 0 unspecified atom stereocenters. The summed E-state index contributed by atoms with van der Waals surface area (Å²) >= 11 is 0. The van der Waals surface area contributed by atoms with Crippen LogP contribution in [0.2, 0.25) is 0 Å². The van der Waals surface area contributed by atoms with E-state index in [4.69, 9.17) is 4.42 Å². The van der Waals surface area contributed by atoms with E-state index in [1.165, 1.54) is 0 Å². The van der Waals surface area contributed by atoms with E-state index in [0.29, 0.717) is 12.5 Å². The van der Waals surface area contributed by atoms with Crippen LogP contribution in [0, 0.1) is 13.8 Å². The first kappa shape index (κ1) is 17.0. The van der Waals surface area contributed by atoms with Gasteiger partial charge < -0.3 is 13.6 Å². The third kappa shape index (κ3) is 3.44. The van der Waals surface area contributed by atoms with Gasteiger partial charge in [-0.1, -0.05) is 0 Å². The lowest BCUT2D eigenvalue weighted by molar-refractivity contribution is 0.186. The quantitative estimate of drug-likeness (QED) is 0.705. The molecule has 138 valence electrons. The van der Waals surface area contributed by atoms with E-state index in [2.05, 4.69) is 42.3 Å². The zero-order valence-corrected chi connectivity index (χ0v) is 15.7. The van der Waals surface area contributed by atoms with Crippen LogP contribution in [0.25, 0.3) is 0 Å². The highest BCUT2D eigenvalue weighted by Crippen LogP contribution is 2.28. The van der Waals surface area contributed by atoms with Crippen molar-refractivity contribution in [2.45, 2.75) is 45.7 Å². The van der Waals surface area contributed by atoms with Gasteiger partial charge in [-0.25, -0.2) is 4.98 Å². The van der Waals surface area contributed by atoms with Gasteiger partial charge in [-0.2, -0.15) is 0 Å². The zero-order valence-electron chi connectivity index (χ0n) is 15.7. The van der Waals surface area contributed by atoms with Gasteiger partial charge in [0.1, 0.15) is 23.2 Å². The molecule has 0 N–H and O–H groups in total. The molecule has 4 rings (SSSR count). The van der Waals surface area contributed by atoms with Crippen LogP contribution in [0.4, 0.5) is 0 Å². The molecule has 1 saturated heterocycles. The van der Waals surface area contributed by atoms with E-state index in [-0.39, 0.29) is 0 Å². The van der Waals surface area contributed by atoms with Crippen molar-refractivity contribution in [2.75, 3.05) is 13.1 Å². The number of imidazole rings is 1. The minimum Gasteiger partial charge on any atom is -0.465 e. The summed E-state index contributed by atoms with van der Waals surface area (Å²) in [6, 6.07) is 4.11. The number of piperidine rings is 1. The van der Waals surface area contributed by atoms with Gasteiger partial charge in [-0.15, -0.1) is 10.2 Å². The van der Waals surface area contributed by atoms with Crippen LogP contribution in [0.5, 0.6) is 0 Å². The molecule has 7 nitrogen and oxygen atoms in total. The first-order valence-electron chi connectivity index (χ1n) is 9.23. The van der Waals surface area contributed by atoms with Crippen molar-refractivity contribution in [2.24, 2.45) is 7.05 Å². The zero-order chi connectivity index (χ0) is 18.1. The Hall–Kier alpha value is -2.41.